The molecule has 1 aromatic heterocycles. The zero-order valence-electron chi connectivity index (χ0n) is 16.1. The third-order valence-corrected chi connectivity index (χ3v) is 5.42. The average Bonchev–Trinajstić information content (AvgIpc) is 3.29. The number of aliphatic hydroxyl groups excluding tert-OH is 1. The standard InChI is InChI=1S/C22H24FN3O3/c23-18-9-4-6-16(12-18)13-19-10-5-11-25(19)14-20(27)15-26-21(24-29-22(26)28)17-7-2-1-3-8-17/h1-4,6-9,12,19-20,27H,5,10-11,13-15H2. The van der Waals surface area contributed by atoms with Crippen molar-refractivity contribution >= 4 is 0 Å². The monoisotopic (exact) mass is 397 g/mol. The number of benzene rings is 2. The van der Waals surface area contributed by atoms with Crippen LogP contribution >= 0.6 is 0 Å². The van der Waals surface area contributed by atoms with Crippen LogP contribution in [0, 0.1) is 5.82 Å². The van der Waals surface area contributed by atoms with Gasteiger partial charge in [-0.3, -0.25) is 14.0 Å². The Morgan fingerprint density at radius 1 is 1.17 bits per heavy atom. The third kappa shape index (κ3) is 4.63. The van der Waals surface area contributed by atoms with E-state index in [-0.39, 0.29) is 18.4 Å². The van der Waals surface area contributed by atoms with Gasteiger partial charge in [0.15, 0.2) is 5.82 Å². The lowest BCUT2D eigenvalue weighted by Crippen LogP contribution is -2.40. The normalized spacial score (nSPS) is 18.2. The van der Waals surface area contributed by atoms with Gasteiger partial charge in [-0.25, -0.2) is 9.18 Å². The maximum atomic E-state index is 13.5. The molecule has 0 bridgehead atoms. The van der Waals surface area contributed by atoms with E-state index in [1.807, 2.05) is 36.4 Å². The van der Waals surface area contributed by atoms with Crippen molar-refractivity contribution in [3.05, 3.63) is 76.5 Å². The Labute approximate surface area is 168 Å². The number of likely N-dealkylation sites (tertiary alicyclic amines) is 1. The predicted octanol–water partition coefficient (Wildman–Crippen LogP) is 2.71. The fourth-order valence-corrected chi connectivity index (χ4v) is 4.07. The molecule has 29 heavy (non-hydrogen) atoms. The maximum absolute atomic E-state index is 13.5. The number of aromatic nitrogens is 2. The molecule has 2 unspecified atom stereocenters. The van der Waals surface area contributed by atoms with Gasteiger partial charge in [0, 0.05) is 18.2 Å². The molecule has 2 heterocycles. The van der Waals surface area contributed by atoms with E-state index in [0.29, 0.717) is 12.4 Å². The number of hydrogen-bond acceptors (Lipinski definition) is 5. The SMILES string of the molecule is O=c1onc(-c2ccccc2)n1CC(O)CN1CCCC1Cc1cccc(F)c1. The zero-order valence-corrected chi connectivity index (χ0v) is 16.1. The van der Waals surface area contributed by atoms with Gasteiger partial charge < -0.3 is 5.11 Å². The lowest BCUT2D eigenvalue weighted by atomic mass is 10.0. The second kappa shape index (κ2) is 8.71. The number of hydrogen-bond donors (Lipinski definition) is 1. The Morgan fingerprint density at radius 3 is 2.79 bits per heavy atom. The summed E-state index contributed by atoms with van der Waals surface area (Å²) in [5, 5.41) is 14.5. The molecule has 7 heteroatoms. The van der Waals surface area contributed by atoms with Crippen molar-refractivity contribution in [1.82, 2.24) is 14.6 Å². The molecular weight excluding hydrogens is 373 g/mol. The van der Waals surface area contributed by atoms with Crippen LogP contribution in [0.4, 0.5) is 4.39 Å². The Kier molecular flexibility index (Phi) is 5.87. The Hall–Kier alpha value is -2.77. The predicted molar refractivity (Wildman–Crippen MR) is 107 cm³/mol. The highest BCUT2D eigenvalue weighted by atomic mass is 19.1. The number of β-amino-alcohol motifs (C(OH)–C–C–N with tert-alkyl or cyclic N) is 1. The minimum absolute atomic E-state index is 0.107. The topological polar surface area (TPSA) is 71.5 Å². The first-order valence-electron chi connectivity index (χ1n) is 9.88. The summed E-state index contributed by atoms with van der Waals surface area (Å²) in [7, 11) is 0. The molecule has 0 aliphatic carbocycles. The molecule has 0 amide bonds. The fraction of sp³-hybridized carbons (Fsp3) is 0.364. The van der Waals surface area contributed by atoms with Gasteiger partial charge in [-0.1, -0.05) is 47.6 Å². The van der Waals surface area contributed by atoms with Gasteiger partial charge in [-0.05, 0) is 43.5 Å². The largest absolute Gasteiger partial charge is 0.441 e. The fourth-order valence-electron chi connectivity index (χ4n) is 4.07. The molecule has 152 valence electrons. The second-order valence-corrected chi connectivity index (χ2v) is 7.53. The molecule has 1 fully saturated rings. The summed E-state index contributed by atoms with van der Waals surface area (Å²) >= 11 is 0. The first-order valence-corrected chi connectivity index (χ1v) is 9.88. The summed E-state index contributed by atoms with van der Waals surface area (Å²) in [6.45, 7) is 1.42. The van der Waals surface area contributed by atoms with Gasteiger partial charge in [0.1, 0.15) is 5.82 Å². The number of halogens is 1. The van der Waals surface area contributed by atoms with Gasteiger partial charge in [0.25, 0.3) is 0 Å². The van der Waals surface area contributed by atoms with E-state index in [9.17, 15) is 14.3 Å². The van der Waals surface area contributed by atoms with E-state index in [4.69, 9.17) is 4.52 Å². The molecule has 0 saturated carbocycles. The second-order valence-electron chi connectivity index (χ2n) is 7.53. The van der Waals surface area contributed by atoms with Crippen LogP contribution in [0.15, 0.2) is 63.9 Å². The molecular formula is C22H24FN3O3. The summed E-state index contributed by atoms with van der Waals surface area (Å²) in [6, 6.07) is 16.2. The van der Waals surface area contributed by atoms with Gasteiger partial charge in [-0.15, -0.1) is 0 Å². The van der Waals surface area contributed by atoms with E-state index < -0.39 is 11.9 Å². The Morgan fingerprint density at radius 2 is 2.00 bits per heavy atom. The molecule has 0 radical (unpaired) electrons. The van der Waals surface area contributed by atoms with Crippen molar-refractivity contribution in [2.75, 3.05) is 13.1 Å². The number of aliphatic hydroxyl groups is 1. The summed E-state index contributed by atoms with van der Waals surface area (Å²) in [4.78, 5) is 14.3. The van der Waals surface area contributed by atoms with Crippen LogP contribution in [-0.2, 0) is 13.0 Å². The smallest absolute Gasteiger partial charge is 0.390 e. The minimum Gasteiger partial charge on any atom is -0.390 e. The zero-order chi connectivity index (χ0) is 20.2. The molecule has 0 spiro atoms. The van der Waals surface area contributed by atoms with Gasteiger partial charge in [0.2, 0.25) is 0 Å². The van der Waals surface area contributed by atoms with E-state index in [0.717, 1.165) is 36.9 Å². The first-order chi connectivity index (χ1) is 14.1. The van der Waals surface area contributed by atoms with Crippen LogP contribution in [-0.4, -0.2) is 45.0 Å². The first kappa shape index (κ1) is 19.5. The van der Waals surface area contributed by atoms with Crippen molar-refractivity contribution in [2.45, 2.75) is 38.0 Å². The third-order valence-electron chi connectivity index (χ3n) is 5.42. The maximum Gasteiger partial charge on any atom is 0.441 e. The molecule has 1 aliphatic heterocycles. The van der Waals surface area contributed by atoms with Gasteiger partial charge >= 0.3 is 5.76 Å². The summed E-state index contributed by atoms with van der Waals surface area (Å²) in [5.41, 5.74) is 1.72. The lowest BCUT2D eigenvalue weighted by molar-refractivity contribution is 0.0905. The van der Waals surface area contributed by atoms with Crippen molar-refractivity contribution in [3.63, 3.8) is 0 Å². The summed E-state index contributed by atoms with van der Waals surface area (Å²) in [6.07, 6.45) is 2.04. The van der Waals surface area contributed by atoms with Crippen molar-refractivity contribution in [1.29, 1.82) is 0 Å². The van der Waals surface area contributed by atoms with Crippen LogP contribution in [0.3, 0.4) is 0 Å². The molecule has 1 saturated heterocycles. The molecule has 6 nitrogen and oxygen atoms in total. The highest BCUT2D eigenvalue weighted by Crippen LogP contribution is 2.22. The molecule has 2 atom stereocenters. The van der Waals surface area contributed by atoms with E-state index in [1.165, 1.54) is 10.6 Å². The molecule has 1 aliphatic rings. The quantitative estimate of drug-likeness (QED) is 0.664. The van der Waals surface area contributed by atoms with Crippen molar-refractivity contribution < 1.29 is 14.0 Å². The number of rotatable bonds is 7. The molecule has 4 rings (SSSR count). The minimum atomic E-state index is -0.748. The number of nitrogens with zero attached hydrogens (tertiary/aromatic N) is 3. The van der Waals surface area contributed by atoms with Crippen LogP contribution in [0.25, 0.3) is 11.4 Å². The van der Waals surface area contributed by atoms with E-state index in [2.05, 4.69) is 10.1 Å². The average molecular weight is 397 g/mol. The summed E-state index contributed by atoms with van der Waals surface area (Å²) < 4.78 is 19.7. The lowest BCUT2D eigenvalue weighted by Gasteiger charge is -2.27. The van der Waals surface area contributed by atoms with Crippen LogP contribution < -0.4 is 5.76 Å². The highest BCUT2D eigenvalue weighted by molar-refractivity contribution is 5.54. The van der Waals surface area contributed by atoms with Crippen LogP contribution in [0.5, 0.6) is 0 Å². The molecule has 1 N–H and O–H groups in total. The van der Waals surface area contributed by atoms with E-state index >= 15 is 0 Å². The Bertz CT molecular complexity index is 1000. The van der Waals surface area contributed by atoms with Crippen LogP contribution in [0.2, 0.25) is 0 Å². The van der Waals surface area contributed by atoms with Crippen molar-refractivity contribution in [3.8, 4) is 11.4 Å². The highest BCUT2D eigenvalue weighted by Gasteiger charge is 2.27. The summed E-state index contributed by atoms with van der Waals surface area (Å²) in [5.74, 6) is -0.402. The van der Waals surface area contributed by atoms with Crippen molar-refractivity contribution in [2.24, 2.45) is 0 Å². The van der Waals surface area contributed by atoms with E-state index in [1.54, 1.807) is 12.1 Å². The van der Waals surface area contributed by atoms with Gasteiger partial charge in [0.05, 0.1) is 12.6 Å². The molecule has 3 aromatic rings. The van der Waals surface area contributed by atoms with Crippen LogP contribution in [0.1, 0.15) is 18.4 Å². The Balaban J connectivity index is 1.43. The molecule has 2 aromatic carbocycles. The van der Waals surface area contributed by atoms with Gasteiger partial charge in [-0.2, -0.15) is 0 Å².